The smallest absolute Gasteiger partial charge is 0.254 e. The molecule has 0 bridgehead atoms. The number of benzene rings is 2. The molecular formula is C19H21ClFNO2. The van der Waals surface area contributed by atoms with Crippen molar-refractivity contribution in [3.05, 3.63) is 52.8 Å². The van der Waals surface area contributed by atoms with Gasteiger partial charge >= 0.3 is 0 Å². The Hall–Kier alpha value is -2.07. The number of amides is 1. The molecule has 0 aromatic heterocycles. The maximum atomic E-state index is 14.5. The van der Waals surface area contributed by atoms with E-state index >= 15 is 0 Å². The maximum absolute atomic E-state index is 14.5. The van der Waals surface area contributed by atoms with E-state index in [0.29, 0.717) is 21.9 Å². The highest BCUT2D eigenvalue weighted by Crippen LogP contribution is 2.33. The first-order valence-electron chi connectivity index (χ1n) is 7.73. The molecule has 2 aromatic carbocycles. The summed E-state index contributed by atoms with van der Waals surface area (Å²) < 4.78 is 19.8. The molecule has 0 saturated heterocycles. The van der Waals surface area contributed by atoms with Crippen molar-refractivity contribution in [3.8, 4) is 16.9 Å². The van der Waals surface area contributed by atoms with Crippen LogP contribution in [0.5, 0.6) is 5.75 Å². The number of ether oxygens (including phenoxy) is 1. The molecule has 0 fully saturated rings. The quantitative estimate of drug-likeness (QED) is 0.818. The molecule has 128 valence electrons. The van der Waals surface area contributed by atoms with Crippen molar-refractivity contribution < 1.29 is 13.9 Å². The van der Waals surface area contributed by atoms with Gasteiger partial charge in [-0.3, -0.25) is 4.79 Å². The fraction of sp³-hybridized carbons (Fsp3) is 0.316. The summed E-state index contributed by atoms with van der Waals surface area (Å²) in [6.07, 6.45) is 0.748. The van der Waals surface area contributed by atoms with Crippen molar-refractivity contribution in [3.63, 3.8) is 0 Å². The average Bonchev–Trinajstić information content (AvgIpc) is 2.54. The molecule has 0 radical (unpaired) electrons. The lowest BCUT2D eigenvalue weighted by Gasteiger charge is -2.24. The Morgan fingerprint density at radius 2 is 1.96 bits per heavy atom. The van der Waals surface area contributed by atoms with Crippen LogP contribution in [0.4, 0.5) is 4.39 Å². The Morgan fingerprint density at radius 3 is 2.54 bits per heavy atom. The van der Waals surface area contributed by atoms with E-state index in [9.17, 15) is 9.18 Å². The van der Waals surface area contributed by atoms with Crippen molar-refractivity contribution in [2.24, 2.45) is 0 Å². The van der Waals surface area contributed by atoms with Crippen LogP contribution in [0.15, 0.2) is 36.4 Å². The van der Waals surface area contributed by atoms with Gasteiger partial charge in [-0.05, 0) is 56.2 Å². The van der Waals surface area contributed by atoms with Crippen molar-refractivity contribution in [1.82, 2.24) is 5.32 Å². The number of hydrogen-bond acceptors (Lipinski definition) is 2. The summed E-state index contributed by atoms with van der Waals surface area (Å²) in [6, 6.07) is 9.61. The van der Waals surface area contributed by atoms with Crippen LogP contribution in [-0.4, -0.2) is 18.6 Å². The van der Waals surface area contributed by atoms with Crippen LogP contribution in [0.3, 0.4) is 0 Å². The summed E-state index contributed by atoms with van der Waals surface area (Å²) in [7, 11) is 1.54. The van der Waals surface area contributed by atoms with E-state index in [1.807, 2.05) is 20.8 Å². The van der Waals surface area contributed by atoms with Crippen LogP contribution >= 0.6 is 11.6 Å². The molecule has 0 unspecified atom stereocenters. The van der Waals surface area contributed by atoms with Gasteiger partial charge in [0.2, 0.25) is 0 Å². The molecule has 2 rings (SSSR count). The predicted molar refractivity (Wildman–Crippen MR) is 95.2 cm³/mol. The highest BCUT2D eigenvalue weighted by Gasteiger charge is 2.21. The molecule has 1 amide bonds. The largest absolute Gasteiger partial charge is 0.496 e. The second kappa shape index (κ2) is 7.22. The molecule has 3 nitrogen and oxygen atoms in total. The van der Waals surface area contributed by atoms with E-state index in [4.69, 9.17) is 16.3 Å². The van der Waals surface area contributed by atoms with Crippen LogP contribution in [-0.2, 0) is 0 Å². The maximum Gasteiger partial charge on any atom is 0.254 e. The van der Waals surface area contributed by atoms with Gasteiger partial charge in [-0.2, -0.15) is 0 Å². The van der Waals surface area contributed by atoms with E-state index in [-0.39, 0.29) is 5.56 Å². The molecule has 0 aliphatic carbocycles. The number of carbonyl (C=O) groups excluding carboxylic acids is 1. The minimum Gasteiger partial charge on any atom is -0.496 e. The number of nitrogens with one attached hydrogen (secondary N) is 1. The summed E-state index contributed by atoms with van der Waals surface area (Å²) in [5.74, 6) is -0.425. The number of methoxy groups -OCH3 is 1. The number of halogens is 2. The van der Waals surface area contributed by atoms with Gasteiger partial charge in [0.05, 0.1) is 12.7 Å². The molecule has 0 heterocycles. The minimum atomic E-state index is -0.584. The van der Waals surface area contributed by atoms with E-state index in [1.165, 1.54) is 19.2 Å². The normalized spacial score (nSPS) is 11.2. The van der Waals surface area contributed by atoms with Crippen LogP contribution < -0.4 is 10.1 Å². The van der Waals surface area contributed by atoms with Crippen molar-refractivity contribution in [2.75, 3.05) is 7.11 Å². The first-order valence-corrected chi connectivity index (χ1v) is 8.11. The van der Waals surface area contributed by atoms with E-state index in [1.54, 1.807) is 24.3 Å². The predicted octanol–water partition coefficient (Wildman–Crippen LogP) is 5.07. The third-order valence-electron chi connectivity index (χ3n) is 4.02. The van der Waals surface area contributed by atoms with Gasteiger partial charge in [0.1, 0.15) is 11.6 Å². The molecule has 0 saturated carbocycles. The fourth-order valence-electron chi connectivity index (χ4n) is 2.24. The Labute approximate surface area is 146 Å². The number of carbonyl (C=O) groups is 1. The Balaban J connectivity index is 2.37. The van der Waals surface area contributed by atoms with Crippen LogP contribution in [0, 0.1) is 5.82 Å². The van der Waals surface area contributed by atoms with Crippen LogP contribution in [0.2, 0.25) is 5.02 Å². The van der Waals surface area contributed by atoms with E-state index in [0.717, 1.165) is 6.42 Å². The van der Waals surface area contributed by atoms with Gasteiger partial charge in [0.15, 0.2) is 0 Å². The molecule has 5 heteroatoms. The first kappa shape index (κ1) is 18.3. The molecule has 0 atom stereocenters. The highest BCUT2D eigenvalue weighted by molar-refractivity contribution is 6.31. The zero-order chi connectivity index (χ0) is 17.9. The van der Waals surface area contributed by atoms with Crippen molar-refractivity contribution >= 4 is 17.5 Å². The number of hydrogen-bond donors (Lipinski definition) is 1. The van der Waals surface area contributed by atoms with Crippen molar-refractivity contribution in [1.29, 1.82) is 0 Å². The fourth-order valence-corrected chi connectivity index (χ4v) is 2.41. The molecule has 0 aliphatic rings. The molecule has 2 aromatic rings. The Morgan fingerprint density at radius 1 is 1.25 bits per heavy atom. The SMILES string of the molecule is CCC(C)(C)NC(=O)c1ccc(-c2cc(Cl)ccc2OC)cc1F. The lowest BCUT2D eigenvalue weighted by Crippen LogP contribution is -2.43. The summed E-state index contributed by atoms with van der Waals surface area (Å²) in [5.41, 5.74) is 0.891. The monoisotopic (exact) mass is 349 g/mol. The summed E-state index contributed by atoms with van der Waals surface area (Å²) in [6.45, 7) is 5.76. The average molecular weight is 350 g/mol. The third kappa shape index (κ3) is 4.06. The summed E-state index contributed by atoms with van der Waals surface area (Å²) in [4.78, 5) is 12.3. The molecular weight excluding hydrogens is 329 g/mol. The standard InChI is InChI=1S/C19H21ClFNO2/c1-5-19(2,3)22-18(23)14-8-6-12(10-16(14)21)15-11-13(20)7-9-17(15)24-4/h6-11H,5H2,1-4H3,(H,22,23). The van der Waals surface area contributed by atoms with E-state index < -0.39 is 17.3 Å². The van der Waals surface area contributed by atoms with Gasteiger partial charge < -0.3 is 10.1 Å². The topological polar surface area (TPSA) is 38.3 Å². The highest BCUT2D eigenvalue weighted by atomic mass is 35.5. The Kier molecular flexibility index (Phi) is 5.50. The first-order chi connectivity index (χ1) is 11.3. The van der Waals surface area contributed by atoms with Gasteiger partial charge in [-0.15, -0.1) is 0 Å². The lowest BCUT2D eigenvalue weighted by molar-refractivity contribution is 0.0907. The third-order valence-corrected chi connectivity index (χ3v) is 4.26. The van der Waals surface area contributed by atoms with Crippen molar-refractivity contribution in [2.45, 2.75) is 32.7 Å². The molecule has 0 spiro atoms. The summed E-state index contributed by atoms with van der Waals surface area (Å²) >= 11 is 6.02. The van der Waals surface area contributed by atoms with Gasteiger partial charge in [-0.25, -0.2) is 4.39 Å². The molecule has 1 N–H and O–H groups in total. The lowest BCUT2D eigenvalue weighted by atomic mass is 9.99. The van der Waals surface area contributed by atoms with Crippen LogP contribution in [0.1, 0.15) is 37.6 Å². The van der Waals surface area contributed by atoms with Gasteiger partial charge in [-0.1, -0.05) is 24.6 Å². The summed E-state index contributed by atoms with van der Waals surface area (Å²) in [5, 5.41) is 3.35. The van der Waals surface area contributed by atoms with Crippen LogP contribution in [0.25, 0.3) is 11.1 Å². The second-order valence-corrected chi connectivity index (χ2v) is 6.67. The number of rotatable bonds is 5. The van der Waals surface area contributed by atoms with Gasteiger partial charge in [0, 0.05) is 16.1 Å². The minimum absolute atomic E-state index is 0.0151. The zero-order valence-corrected chi connectivity index (χ0v) is 15.0. The second-order valence-electron chi connectivity index (χ2n) is 6.23. The molecule has 24 heavy (non-hydrogen) atoms. The van der Waals surface area contributed by atoms with Gasteiger partial charge in [0.25, 0.3) is 5.91 Å². The Bertz CT molecular complexity index is 759. The van der Waals surface area contributed by atoms with E-state index in [2.05, 4.69) is 5.32 Å². The zero-order valence-electron chi connectivity index (χ0n) is 14.2. The molecule has 0 aliphatic heterocycles.